The van der Waals surface area contributed by atoms with Gasteiger partial charge >= 0.3 is 0 Å². The molecule has 31 heavy (non-hydrogen) atoms. The molecular formula is C26H23N3OS. The summed E-state index contributed by atoms with van der Waals surface area (Å²) in [6.07, 6.45) is 5.70. The lowest BCUT2D eigenvalue weighted by molar-refractivity contribution is 0.0949. The summed E-state index contributed by atoms with van der Waals surface area (Å²) in [4.78, 5) is 18.3. The first-order valence-electron chi connectivity index (χ1n) is 10.5. The average Bonchev–Trinajstić information content (AvgIpc) is 3.09. The number of pyridine rings is 1. The van der Waals surface area contributed by atoms with Gasteiger partial charge in [0.15, 0.2) is 0 Å². The molecule has 5 rings (SSSR count). The fourth-order valence-electron chi connectivity index (χ4n) is 4.10. The van der Waals surface area contributed by atoms with Crippen LogP contribution < -0.4 is 10.6 Å². The molecule has 1 aliphatic heterocycles. The van der Waals surface area contributed by atoms with Crippen molar-refractivity contribution in [2.75, 3.05) is 11.9 Å². The van der Waals surface area contributed by atoms with Crippen LogP contribution in [0, 0.1) is 12.3 Å². The minimum atomic E-state index is -0.0151. The Balaban J connectivity index is 1.69. The summed E-state index contributed by atoms with van der Waals surface area (Å²) >= 11 is 1.52. The van der Waals surface area contributed by atoms with Crippen molar-refractivity contribution in [3.8, 4) is 23.6 Å². The van der Waals surface area contributed by atoms with Gasteiger partial charge in [0.1, 0.15) is 4.88 Å². The van der Waals surface area contributed by atoms with Crippen molar-refractivity contribution < 1.29 is 4.79 Å². The number of hydrogen-bond acceptors (Lipinski definition) is 4. The second-order valence-corrected chi connectivity index (χ2v) is 9.46. The van der Waals surface area contributed by atoms with Gasteiger partial charge in [0.2, 0.25) is 0 Å². The number of carbonyl (C=O) groups is 1. The number of nitrogens with zero attached hydrogens (tertiary/aromatic N) is 1. The Bertz CT molecular complexity index is 1390. The summed E-state index contributed by atoms with van der Waals surface area (Å²) in [5.74, 6) is 3.13. The Morgan fingerprint density at radius 2 is 2.03 bits per heavy atom. The van der Waals surface area contributed by atoms with Crippen molar-refractivity contribution in [2.24, 2.45) is 0 Å². The molecule has 154 valence electrons. The Morgan fingerprint density at radius 3 is 2.81 bits per heavy atom. The molecule has 3 heterocycles. The van der Waals surface area contributed by atoms with Gasteiger partial charge in [-0.3, -0.25) is 4.79 Å². The average molecular weight is 426 g/mol. The van der Waals surface area contributed by atoms with Gasteiger partial charge in [0.05, 0.1) is 16.9 Å². The highest BCUT2D eigenvalue weighted by Crippen LogP contribution is 2.41. The highest BCUT2D eigenvalue weighted by atomic mass is 32.1. The van der Waals surface area contributed by atoms with Gasteiger partial charge in [-0.15, -0.1) is 17.8 Å². The molecule has 0 aliphatic carbocycles. The zero-order chi connectivity index (χ0) is 21.7. The third-order valence-corrected chi connectivity index (χ3v) is 6.93. The number of carbonyl (C=O) groups excluding carboxylic acids is 1. The third-order valence-electron chi connectivity index (χ3n) is 5.78. The maximum absolute atomic E-state index is 12.6. The van der Waals surface area contributed by atoms with Gasteiger partial charge in [0, 0.05) is 39.2 Å². The third kappa shape index (κ3) is 3.34. The van der Waals surface area contributed by atoms with E-state index < -0.39 is 0 Å². The molecule has 2 aromatic heterocycles. The molecule has 2 N–H and O–H groups in total. The number of nitrogens with one attached hydrogen (secondary N) is 2. The van der Waals surface area contributed by atoms with Gasteiger partial charge in [-0.1, -0.05) is 19.8 Å². The van der Waals surface area contributed by atoms with E-state index in [1.165, 1.54) is 16.9 Å². The molecular weight excluding hydrogens is 402 g/mol. The molecule has 5 heteroatoms. The molecule has 4 aromatic rings. The molecule has 4 nitrogen and oxygen atoms in total. The van der Waals surface area contributed by atoms with E-state index in [0.29, 0.717) is 12.5 Å². The van der Waals surface area contributed by atoms with Crippen LogP contribution in [-0.2, 0) is 0 Å². The number of hydrogen-bond donors (Lipinski definition) is 2. The Hall–Kier alpha value is -3.36. The van der Waals surface area contributed by atoms with Gasteiger partial charge in [-0.25, -0.2) is 4.98 Å². The van der Waals surface area contributed by atoms with Crippen LogP contribution in [0.15, 0.2) is 42.5 Å². The quantitative estimate of drug-likeness (QED) is 0.401. The van der Waals surface area contributed by atoms with E-state index in [0.717, 1.165) is 48.4 Å². The molecule has 2 aromatic carbocycles. The zero-order valence-electron chi connectivity index (χ0n) is 17.7. The largest absolute Gasteiger partial charge is 0.381 e. The first-order chi connectivity index (χ1) is 14.9. The van der Waals surface area contributed by atoms with Crippen molar-refractivity contribution in [3.63, 3.8) is 0 Å². The first kappa shape index (κ1) is 19.6. The molecule has 1 aliphatic rings. The minimum Gasteiger partial charge on any atom is -0.381 e. The van der Waals surface area contributed by atoms with Gasteiger partial charge in [0.25, 0.3) is 5.91 Å². The zero-order valence-corrected chi connectivity index (χ0v) is 18.6. The van der Waals surface area contributed by atoms with Crippen LogP contribution in [0.5, 0.6) is 0 Å². The van der Waals surface area contributed by atoms with Gasteiger partial charge < -0.3 is 10.6 Å². The summed E-state index contributed by atoms with van der Waals surface area (Å²) in [7, 11) is 0. The SMILES string of the molecule is C#Cc1cc(-c2ccc3c(ccc4sc5c(c43)NC[C@@H](C)NC5=O)n2)cc(C(C)C)c1. The molecule has 0 radical (unpaired) electrons. The van der Waals surface area contributed by atoms with Crippen molar-refractivity contribution in [2.45, 2.75) is 32.7 Å². The van der Waals surface area contributed by atoms with Crippen molar-refractivity contribution in [1.29, 1.82) is 0 Å². The smallest absolute Gasteiger partial charge is 0.263 e. The summed E-state index contributed by atoms with van der Waals surface area (Å²) in [6.45, 7) is 7.03. The van der Waals surface area contributed by atoms with Gasteiger partial charge in [-0.2, -0.15) is 0 Å². The molecule has 0 fully saturated rings. The highest BCUT2D eigenvalue weighted by molar-refractivity contribution is 7.21. The monoisotopic (exact) mass is 425 g/mol. The van der Waals surface area contributed by atoms with E-state index in [1.807, 2.05) is 25.1 Å². The highest BCUT2D eigenvalue weighted by Gasteiger charge is 2.24. The fourth-order valence-corrected chi connectivity index (χ4v) is 5.20. The summed E-state index contributed by atoms with van der Waals surface area (Å²) in [5.41, 5.74) is 5.81. The van der Waals surface area contributed by atoms with Crippen LogP contribution in [0.1, 0.15) is 47.5 Å². The second-order valence-electron chi connectivity index (χ2n) is 8.41. The molecule has 0 saturated carbocycles. The Kier molecular flexibility index (Phi) is 4.68. The van der Waals surface area contributed by atoms with E-state index in [4.69, 9.17) is 11.4 Å². The standard InChI is InChI=1S/C26H23N3OS/c1-5-16-10-17(14(2)3)12-18(11-16)20-7-6-19-21(29-20)8-9-22-23(19)24-25(31-22)26(30)28-15(4)13-27-24/h1,6-12,14-15,27H,13H2,2-4H3,(H,28,30)/t15-/m1/s1. The fraction of sp³-hybridized carbons (Fsp3) is 0.231. The van der Waals surface area contributed by atoms with E-state index >= 15 is 0 Å². The number of anilines is 1. The summed E-state index contributed by atoms with van der Waals surface area (Å²) in [5, 5.41) is 8.64. The number of aromatic nitrogens is 1. The topological polar surface area (TPSA) is 54.0 Å². The number of thiophene rings is 1. The predicted octanol–water partition coefficient (Wildman–Crippen LogP) is 5.77. The Morgan fingerprint density at radius 1 is 1.19 bits per heavy atom. The van der Waals surface area contributed by atoms with E-state index in [2.05, 4.69) is 54.7 Å². The van der Waals surface area contributed by atoms with Crippen LogP contribution in [-0.4, -0.2) is 23.5 Å². The van der Waals surface area contributed by atoms with Crippen LogP contribution in [0.25, 0.3) is 32.2 Å². The van der Waals surface area contributed by atoms with Crippen LogP contribution in [0.2, 0.25) is 0 Å². The molecule has 0 saturated heterocycles. The lowest BCUT2D eigenvalue weighted by Gasteiger charge is -2.11. The van der Waals surface area contributed by atoms with Crippen LogP contribution in [0.3, 0.4) is 0 Å². The van der Waals surface area contributed by atoms with E-state index in [-0.39, 0.29) is 11.9 Å². The molecule has 0 bridgehead atoms. The Labute approximate surface area is 185 Å². The molecule has 1 atom stereocenters. The number of fused-ring (bicyclic) bond motifs is 5. The lowest BCUT2D eigenvalue weighted by Crippen LogP contribution is -2.34. The van der Waals surface area contributed by atoms with Gasteiger partial charge in [-0.05, 0) is 60.9 Å². The van der Waals surface area contributed by atoms with E-state index in [1.54, 1.807) is 0 Å². The van der Waals surface area contributed by atoms with Crippen LogP contribution >= 0.6 is 11.3 Å². The minimum absolute atomic E-state index is 0.0151. The second kappa shape index (κ2) is 7.40. The number of amides is 1. The lowest BCUT2D eigenvalue weighted by atomic mass is 9.96. The maximum Gasteiger partial charge on any atom is 0.263 e. The molecule has 1 amide bonds. The number of benzene rings is 2. The number of terminal acetylenes is 1. The summed E-state index contributed by atoms with van der Waals surface area (Å²) in [6, 6.07) is 14.6. The summed E-state index contributed by atoms with van der Waals surface area (Å²) < 4.78 is 1.08. The van der Waals surface area contributed by atoms with Crippen LogP contribution in [0.4, 0.5) is 5.69 Å². The predicted molar refractivity (Wildman–Crippen MR) is 130 cm³/mol. The number of rotatable bonds is 2. The molecule has 0 spiro atoms. The van der Waals surface area contributed by atoms with Crippen molar-refractivity contribution >= 4 is 43.9 Å². The first-order valence-corrected chi connectivity index (χ1v) is 11.3. The van der Waals surface area contributed by atoms with Crippen molar-refractivity contribution in [3.05, 3.63) is 58.5 Å². The van der Waals surface area contributed by atoms with Crippen molar-refractivity contribution in [1.82, 2.24) is 10.3 Å². The van der Waals surface area contributed by atoms with E-state index in [9.17, 15) is 4.79 Å². The normalized spacial score (nSPS) is 16.0. The maximum atomic E-state index is 12.6. The molecule has 0 unspecified atom stereocenters.